The normalized spacial score (nSPS) is 33.5. The van der Waals surface area contributed by atoms with E-state index in [-0.39, 0.29) is 23.3 Å². The minimum absolute atomic E-state index is 0.132. The van der Waals surface area contributed by atoms with Gasteiger partial charge in [-0.25, -0.2) is 0 Å². The van der Waals surface area contributed by atoms with Crippen molar-refractivity contribution < 1.29 is 9.59 Å². The largest absolute Gasteiger partial charge is 0.349 e. The Morgan fingerprint density at radius 2 is 1.55 bits per heavy atom. The number of anilines is 1. The molecule has 5 saturated carbocycles. The standard InChI is InChI=1S/C24H31ClN2O2/c25-21-7-6-19(11-20(21)22(28)26-18-4-2-1-3-5-18)27-23(29)24-12-15-8-16(13-24)10-17(9-15)14-24/h6-7,11,15-18H,1-5,8-10,12-14H2,(H,26,28)(H,27,29). The third-order valence-corrected chi connectivity index (χ3v) is 8.26. The topological polar surface area (TPSA) is 58.2 Å². The molecule has 0 atom stereocenters. The fourth-order valence-electron chi connectivity index (χ4n) is 6.94. The summed E-state index contributed by atoms with van der Waals surface area (Å²) in [5.74, 6) is 2.21. The maximum absolute atomic E-state index is 13.3. The van der Waals surface area contributed by atoms with Crippen LogP contribution in [-0.4, -0.2) is 17.9 Å². The summed E-state index contributed by atoms with van der Waals surface area (Å²) in [6, 6.07) is 5.53. The van der Waals surface area contributed by atoms with Crippen LogP contribution < -0.4 is 10.6 Å². The molecule has 0 spiro atoms. The minimum Gasteiger partial charge on any atom is -0.349 e. The lowest BCUT2D eigenvalue weighted by atomic mass is 9.49. The number of hydrogen-bond donors (Lipinski definition) is 2. The molecule has 5 heteroatoms. The van der Waals surface area contributed by atoms with Crippen molar-refractivity contribution in [3.05, 3.63) is 28.8 Å². The second kappa shape index (κ2) is 7.61. The van der Waals surface area contributed by atoms with Gasteiger partial charge >= 0.3 is 0 Å². The Kier molecular flexibility index (Phi) is 5.09. The Balaban J connectivity index is 1.30. The molecule has 5 aliphatic carbocycles. The van der Waals surface area contributed by atoms with Gasteiger partial charge in [-0.05, 0) is 87.3 Å². The fourth-order valence-corrected chi connectivity index (χ4v) is 7.14. The molecule has 0 radical (unpaired) electrons. The number of carbonyl (C=O) groups is 2. The molecule has 0 unspecified atom stereocenters. The summed E-state index contributed by atoms with van der Waals surface area (Å²) in [7, 11) is 0. The first-order chi connectivity index (χ1) is 14.0. The molecule has 4 nitrogen and oxygen atoms in total. The minimum atomic E-state index is -0.196. The quantitative estimate of drug-likeness (QED) is 0.677. The lowest BCUT2D eigenvalue weighted by Crippen LogP contribution is -2.51. The van der Waals surface area contributed by atoms with Crippen molar-refractivity contribution in [2.75, 3.05) is 5.32 Å². The maximum atomic E-state index is 13.3. The molecular weight excluding hydrogens is 384 g/mol. The lowest BCUT2D eigenvalue weighted by molar-refractivity contribution is -0.140. The number of hydrogen-bond acceptors (Lipinski definition) is 2. The van der Waals surface area contributed by atoms with Crippen LogP contribution in [0.1, 0.15) is 81.0 Å². The number of nitrogens with one attached hydrogen (secondary N) is 2. The van der Waals surface area contributed by atoms with Crippen LogP contribution in [0, 0.1) is 23.2 Å². The van der Waals surface area contributed by atoms with Crippen molar-refractivity contribution in [1.29, 1.82) is 0 Å². The molecule has 5 fully saturated rings. The molecule has 2 N–H and O–H groups in total. The van der Waals surface area contributed by atoms with Crippen LogP contribution in [-0.2, 0) is 4.79 Å². The molecule has 4 bridgehead atoms. The molecule has 0 aliphatic heterocycles. The SMILES string of the molecule is O=C(NC1CCCCC1)c1cc(NC(=O)C23CC4CC(CC(C4)C2)C3)ccc1Cl. The van der Waals surface area contributed by atoms with Crippen molar-refractivity contribution in [1.82, 2.24) is 5.32 Å². The zero-order chi connectivity index (χ0) is 20.0. The molecule has 2 amide bonds. The summed E-state index contributed by atoms with van der Waals surface area (Å²) in [5.41, 5.74) is 0.948. The first-order valence-corrected chi connectivity index (χ1v) is 11.8. The van der Waals surface area contributed by atoms with E-state index in [1.807, 2.05) is 6.07 Å². The van der Waals surface area contributed by atoms with E-state index in [2.05, 4.69) is 10.6 Å². The van der Waals surface area contributed by atoms with Gasteiger partial charge in [-0.1, -0.05) is 30.9 Å². The van der Waals surface area contributed by atoms with E-state index in [1.54, 1.807) is 12.1 Å². The fraction of sp³-hybridized carbons (Fsp3) is 0.667. The molecule has 29 heavy (non-hydrogen) atoms. The van der Waals surface area contributed by atoms with Gasteiger partial charge in [0.1, 0.15) is 0 Å². The summed E-state index contributed by atoms with van der Waals surface area (Å²) in [6.45, 7) is 0. The predicted octanol–water partition coefficient (Wildman–Crippen LogP) is 5.56. The Labute approximate surface area is 178 Å². The highest BCUT2D eigenvalue weighted by Gasteiger charge is 2.54. The number of halogens is 1. The zero-order valence-corrected chi connectivity index (χ0v) is 17.8. The predicted molar refractivity (Wildman–Crippen MR) is 115 cm³/mol. The van der Waals surface area contributed by atoms with Gasteiger partial charge in [0.05, 0.1) is 16.0 Å². The molecule has 0 aromatic heterocycles. The van der Waals surface area contributed by atoms with E-state index in [4.69, 9.17) is 11.6 Å². The van der Waals surface area contributed by atoms with E-state index < -0.39 is 0 Å². The van der Waals surface area contributed by atoms with E-state index in [1.165, 1.54) is 38.5 Å². The van der Waals surface area contributed by atoms with Crippen molar-refractivity contribution in [3.8, 4) is 0 Å². The number of carbonyl (C=O) groups excluding carboxylic acids is 2. The van der Waals surface area contributed by atoms with E-state index in [0.29, 0.717) is 16.3 Å². The first kappa shape index (κ1) is 19.4. The van der Waals surface area contributed by atoms with Gasteiger partial charge < -0.3 is 10.6 Å². The summed E-state index contributed by atoms with van der Waals surface area (Å²) < 4.78 is 0. The summed E-state index contributed by atoms with van der Waals surface area (Å²) in [6.07, 6.45) is 12.7. The second-order valence-corrected chi connectivity index (χ2v) is 10.6. The van der Waals surface area contributed by atoms with Crippen LogP contribution >= 0.6 is 11.6 Å². The zero-order valence-electron chi connectivity index (χ0n) is 17.0. The van der Waals surface area contributed by atoms with E-state index >= 15 is 0 Å². The van der Waals surface area contributed by atoms with Crippen molar-refractivity contribution in [2.24, 2.45) is 23.2 Å². The maximum Gasteiger partial charge on any atom is 0.253 e. The molecule has 0 saturated heterocycles. The van der Waals surface area contributed by atoms with E-state index in [9.17, 15) is 9.59 Å². The molecule has 1 aromatic rings. The van der Waals surface area contributed by atoms with Crippen LogP contribution in [0.15, 0.2) is 18.2 Å². The second-order valence-electron chi connectivity index (χ2n) is 10.2. The number of rotatable bonds is 4. The number of amides is 2. The van der Waals surface area contributed by atoms with Crippen molar-refractivity contribution in [2.45, 2.75) is 76.7 Å². The van der Waals surface area contributed by atoms with Crippen molar-refractivity contribution in [3.63, 3.8) is 0 Å². The monoisotopic (exact) mass is 414 g/mol. The van der Waals surface area contributed by atoms with Gasteiger partial charge in [-0.2, -0.15) is 0 Å². The molecule has 5 aliphatic rings. The Morgan fingerprint density at radius 3 is 2.17 bits per heavy atom. The van der Waals surface area contributed by atoms with Crippen molar-refractivity contribution >= 4 is 29.1 Å². The third-order valence-electron chi connectivity index (χ3n) is 7.93. The van der Waals surface area contributed by atoms with Gasteiger partial charge in [0.25, 0.3) is 5.91 Å². The van der Waals surface area contributed by atoms with Gasteiger partial charge in [-0.15, -0.1) is 0 Å². The highest BCUT2D eigenvalue weighted by Crippen LogP contribution is 2.60. The average Bonchev–Trinajstić information content (AvgIpc) is 2.69. The van der Waals surface area contributed by atoms with Gasteiger partial charge in [0, 0.05) is 11.7 Å². The van der Waals surface area contributed by atoms with Crippen LogP contribution in [0.2, 0.25) is 5.02 Å². The van der Waals surface area contributed by atoms with Gasteiger partial charge in [0.15, 0.2) is 0 Å². The first-order valence-electron chi connectivity index (χ1n) is 11.4. The average molecular weight is 415 g/mol. The highest BCUT2D eigenvalue weighted by molar-refractivity contribution is 6.34. The molecule has 0 heterocycles. The Bertz CT molecular complexity index is 780. The Morgan fingerprint density at radius 1 is 0.931 bits per heavy atom. The summed E-state index contributed by atoms with van der Waals surface area (Å²) >= 11 is 6.33. The van der Waals surface area contributed by atoms with Crippen LogP contribution in [0.4, 0.5) is 5.69 Å². The van der Waals surface area contributed by atoms with Gasteiger partial charge in [-0.3, -0.25) is 9.59 Å². The lowest BCUT2D eigenvalue weighted by Gasteiger charge is -2.55. The highest BCUT2D eigenvalue weighted by atomic mass is 35.5. The molecule has 156 valence electrons. The van der Waals surface area contributed by atoms with Gasteiger partial charge in [0.2, 0.25) is 5.91 Å². The Hall–Kier alpha value is -1.55. The molecular formula is C24H31ClN2O2. The summed E-state index contributed by atoms with van der Waals surface area (Å²) in [5, 5.41) is 6.71. The third kappa shape index (κ3) is 3.81. The van der Waals surface area contributed by atoms with Crippen LogP contribution in [0.3, 0.4) is 0 Å². The van der Waals surface area contributed by atoms with Crippen LogP contribution in [0.5, 0.6) is 0 Å². The molecule has 6 rings (SSSR count). The number of benzene rings is 1. The van der Waals surface area contributed by atoms with Crippen LogP contribution in [0.25, 0.3) is 0 Å². The smallest absolute Gasteiger partial charge is 0.253 e. The molecule has 1 aromatic carbocycles. The van der Waals surface area contributed by atoms with E-state index in [0.717, 1.165) is 49.9 Å². The summed E-state index contributed by atoms with van der Waals surface area (Å²) in [4.78, 5) is 26.1.